The number of rotatable bonds is 3. The molecule has 2 rings (SSSR count). The average Bonchev–Trinajstić information content (AvgIpc) is 2.45. The minimum Gasteiger partial charge on any atom is -0.398 e. The van der Waals surface area contributed by atoms with Crippen molar-refractivity contribution in [2.75, 3.05) is 5.73 Å². The van der Waals surface area contributed by atoms with E-state index in [2.05, 4.69) is 10.5 Å². The van der Waals surface area contributed by atoms with E-state index >= 15 is 0 Å². The molecule has 20 heavy (non-hydrogen) atoms. The Balaban J connectivity index is 2.16. The SMILES string of the molecule is CC(=NNC(=O)c1ccccc1N)c1ccccc1Cl. The molecule has 102 valence electrons. The number of halogens is 1. The van der Waals surface area contributed by atoms with E-state index in [0.717, 1.165) is 5.56 Å². The maximum Gasteiger partial charge on any atom is 0.273 e. The minimum atomic E-state index is -0.352. The van der Waals surface area contributed by atoms with Gasteiger partial charge in [-0.2, -0.15) is 5.10 Å². The van der Waals surface area contributed by atoms with Gasteiger partial charge in [0, 0.05) is 16.3 Å². The lowest BCUT2D eigenvalue weighted by molar-refractivity contribution is 0.0955. The van der Waals surface area contributed by atoms with Gasteiger partial charge in [0.1, 0.15) is 0 Å². The fraction of sp³-hybridized carbons (Fsp3) is 0.0667. The van der Waals surface area contributed by atoms with Crippen LogP contribution in [0.4, 0.5) is 5.69 Å². The number of carbonyl (C=O) groups excluding carboxylic acids is 1. The van der Waals surface area contributed by atoms with E-state index in [0.29, 0.717) is 22.0 Å². The van der Waals surface area contributed by atoms with Crippen LogP contribution < -0.4 is 11.2 Å². The van der Waals surface area contributed by atoms with Crippen LogP contribution in [-0.4, -0.2) is 11.6 Å². The number of nitrogens with two attached hydrogens (primary N) is 1. The van der Waals surface area contributed by atoms with Crippen molar-refractivity contribution in [1.82, 2.24) is 5.43 Å². The Kier molecular flexibility index (Phi) is 4.38. The predicted molar refractivity (Wildman–Crippen MR) is 82.0 cm³/mol. The number of nitrogens with one attached hydrogen (secondary N) is 1. The van der Waals surface area contributed by atoms with Gasteiger partial charge < -0.3 is 5.73 Å². The van der Waals surface area contributed by atoms with Gasteiger partial charge in [0.25, 0.3) is 5.91 Å². The summed E-state index contributed by atoms with van der Waals surface area (Å²) in [6.07, 6.45) is 0. The second kappa shape index (κ2) is 6.21. The van der Waals surface area contributed by atoms with Crippen LogP contribution in [0.1, 0.15) is 22.8 Å². The molecule has 0 aliphatic carbocycles. The van der Waals surface area contributed by atoms with Crippen molar-refractivity contribution in [1.29, 1.82) is 0 Å². The Morgan fingerprint density at radius 1 is 1.10 bits per heavy atom. The summed E-state index contributed by atoms with van der Waals surface area (Å²) in [5.74, 6) is -0.352. The molecular formula is C15H14ClN3O. The second-order valence-electron chi connectivity index (χ2n) is 4.21. The van der Waals surface area contributed by atoms with Crippen molar-refractivity contribution in [2.24, 2.45) is 5.10 Å². The third kappa shape index (κ3) is 3.16. The molecule has 0 saturated carbocycles. The highest BCUT2D eigenvalue weighted by atomic mass is 35.5. The lowest BCUT2D eigenvalue weighted by Crippen LogP contribution is -2.20. The third-order valence-electron chi connectivity index (χ3n) is 2.79. The first-order valence-corrected chi connectivity index (χ1v) is 6.41. The summed E-state index contributed by atoms with van der Waals surface area (Å²) in [6, 6.07) is 14.1. The monoisotopic (exact) mass is 287 g/mol. The van der Waals surface area contributed by atoms with Crippen LogP contribution in [0.5, 0.6) is 0 Å². The molecule has 0 atom stereocenters. The summed E-state index contributed by atoms with van der Waals surface area (Å²) in [7, 11) is 0. The third-order valence-corrected chi connectivity index (χ3v) is 3.12. The summed E-state index contributed by atoms with van der Waals surface area (Å²) in [5, 5.41) is 4.64. The smallest absolute Gasteiger partial charge is 0.273 e. The number of hydrogen-bond acceptors (Lipinski definition) is 3. The van der Waals surface area contributed by atoms with Gasteiger partial charge in [-0.1, -0.05) is 41.9 Å². The zero-order chi connectivity index (χ0) is 14.5. The van der Waals surface area contributed by atoms with Crippen molar-refractivity contribution in [3.8, 4) is 0 Å². The first-order chi connectivity index (χ1) is 9.59. The van der Waals surface area contributed by atoms with Gasteiger partial charge in [0.05, 0.1) is 11.3 Å². The van der Waals surface area contributed by atoms with Gasteiger partial charge in [-0.05, 0) is 25.1 Å². The first kappa shape index (κ1) is 14.1. The van der Waals surface area contributed by atoms with Gasteiger partial charge >= 0.3 is 0 Å². The van der Waals surface area contributed by atoms with Crippen LogP contribution in [0.15, 0.2) is 53.6 Å². The number of nitrogens with zero attached hydrogens (tertiary/aromatic N) is 1. The molecule has 0 aliphatic heterocycles. The fourth-order valence-electron chi connectivity index (χ4n) is 1.71. The Morgan fingerprint density at radius 3 is 2.35 bits per heavy atom. The molecule has 0 aromatic heterocycles. The Labute approximate surface area is 122 Å². The highest BCUT2D eigenvalue weighted by Gasteiger charge is 2.08. The largest absolute Gasteiger partial charge is 0.398 e. The van der Waals surface area contributed by atoms with E-state index in [1.165, 1.54) is 0 Å². The van der Waals surface area contributed by atoms with Crippen LogP contribution in [0.3, 0.4) is 0 Å². The van der Waals surface area contributed by atoms with E-state index in [9.17, 15) is 4.79 Å². The maximum atomic E-state index is 12.0. The number of para-hydroxylation sites is 1. The zero-order valence-corrected chi connectivity index (χ0v) is 11.7. The van der Waals surface area contributed by atoms with Crippen molar-refractivity contribution < 1.29 is 4.79 Å². The molecule has 0 heterocycles. The summed E-state index contributed by atoms with van der Waals surface area (Å²) < 4.78 is 0. The summed E-state index contributed by atoms with van der Waals surface area (Å²) in [6.45, 7) is 1.77. The fourth-order valence-corrected chi connectivity index (χ4v) is 1.99. The van der Waals surface area contributed by atoms with E-state index in [1.54, 1.807) is 37.3 Å². The van der Waals surface area contributed by atoms with E-state index in [1.807, 2.05) is 18.2 Å². The molecule has 0 aliphatic rings. The summed E-state index contributed by atoms with van der Waals surface area (Å²) >= 11 is 6.06. The number of hydrazone groups is 1. The van der Waals surface area contributed by atoms with Gasteiger partial charge in [-0.15, -0.1) is 0 Å². The maximum absolute atomic E-state index is 12.0. The first-order valence-electron chi connectivity index (χ1n) is 6.03. The molecular weight excluding hydrogens is 274 g/mol. The van der Waals surface area contributed by atoms with Gasteiger partial charge in [0.2, 0.25) is 0 Å². The lowest BCUT2D eigenvalue weighted by Gasteiger charge is -2.06. The Bertz CT molecular complexity index is 668. The summed E-state index contributed by atoms with van der Waals surface area (Å²) in [4.78, 5) is 12.0. The van der Waals surface area contributed by atoms with Crippen LogP contribution >= 0.6 is 11.6 Å². The molecule has 5 heteroatoms. The second-order valence-corrected chi connectivity index (χ2v) is 4.61. The summed E-state index contributed by atoms with van der Waals surface area (Å²) in [5.41, 5.74) is 10.4. The van der Waals surface area contributed by atoms with Crippen molar-refractivity contribution in [2.45, 2.75) is 6.92 Å². The Morgan fingerprint density at radius 2 is 1.70 bits per heavy atom. The Hall–Kier alpha value is -2.33. The number of amides is 1. The highest BCUT2D eigenvalue weighted by Crippen LogP contribution is 2.15. The number of hydrogen-bond donors (Lipinski definition) is 2. The van der Waals surface area contributed by atoms with Gasteiger partial charge in [-0.25, -0.2) is 5.43 Å². The van der Waals surface area contributed by atoms with Gasteiger partial charge in [-0.3, -0.25) is 4.79 Å². The van der Waals surface area contributed by atoms with Crippen molar-refractivity contribution in [3.05, 3.63) is 64.7 Å². The standard InChI is InChI=1S/C15H14ClN3O/c1-10(11-6-2-4-8-13(11)16)18-19-15(20)12-7-3-5-9-14(12)17/h2-9H,17H2,1H3,(H,19,20). The van der Waals surface area contributed by atoms with Crippen molar-refractivity contribution >= 4 is 28.9 Å². The molecule has 0 spiro atoms. The molecule has 0 radical (unpaired) electrons. The minimum absolute atomic E-state index is 0.352. The average molecular weight is 288 g/mol. The number of benzene rings is 2. The molecule has 0 fully saturated rings. The molecule has 2 aromatic carbocycles. The number of anilines is 1. The molecule has 2 aromatic rings. The van der Waals surface area contributed by atoms with E-state index in [-0.39, 0.29) is 5.91 Å². The number of carbonyl (C=O) groups is 1. The molecule has 0 saturated heterocycles. The molecule has 4 nitrogen and oxygen atoms in total. The topological polar surface area (TPSA) is 67.5 Å². The van der Waals surface area contributed by atoms with Crippen LogP contribution in [-0.2, 0) is 0 Å². The predicted octanol–water partition coefficient (Wildman–Crippen LogP) is 3.08. The quantitative estimate of drug-likeness (QED) is 0.517. The molecule has 1 amide bonds. The van der Waals surface area contributed by atoms with Crippen molar-refractivity contribution in [3.63, 3.8) is 0 Å². The molecule has 0 unspecified atom stereocenters. The highest BCUT2D eigenvalue weighted by molar-refractivity contribution is 6.34. The van der Waals surface area contributed by atoms with Crippen LogP contribution in [0.25, 0.3) is 0 Å². The normalized spacial score (nSPS) is 11.2. The van der Waals surface area contributed by atoms with Crippen LogP contribution in [0, 0.1) is 0 Å². The van der Waals surface area contributed by atoms with E-state index < -0.39 is 0 Å². The molecule has 0 bridgehead atoms. The van der Waals surface area contributed by atoms with Gasteiger partial charge in [0.15, 0.2) is 0 Å². The lowest BCUT2D eigenvalue weighted by atomic mass is 10.1. The van der Waals surface area contributed by atoms with E-state index in [4.69, 9.17) is 17.3 Å². The molecule has 3 N–H and O–H groups in total. The number of nitrogen functional groups attached to an aromatic ring is 1. The zero-order valence-electron chi connectivity index (χ0n) is 10.9. The van der Waals surface area contributed by atoms with Crippen LogP contribution in [0.2, 0.25) is 5.02 Å².